The van der Waals surface area contributed by atoms with Gasteiger partial charge in [-0.15, -0.1) is 0 Å². The Hall–Kier alpha value is -3.04. The number of allylic oxidation sites excluding steroid dienone is 1. The van der Waals surface area contributed by atoms with Crippen LogP contribution < -0.4 is 0 Å². The average Bonchev–Trinajstić information content (AvgIpc) is 2.82. The minimum Gasteiger partial charge on any atom is -0.204 e. The summed E-state index contributed by atoms with van der Waals surface area (Å²) < 4.78 is 84.5. The lowest BCUT2D eigenvalue weighted by atomic mass is 10.1. The molecule has 0 saturated heterocycles. The number of benzene rings is 3. The van der Waals surface area contributed by atoms with Crippen molar-refractivity contribution in [3.05, 3.63) is 107 Å². The Morgan fingerprint density at radius 3 is 1.53 bits per heavy atom. The van der Waals surface area contributed by atoms with Crippen LogP contribution in [0.4, 0.5) is 8.78 Å². The highest BCUT2D eigenvalue weighted by atomic mass is 32.3. The smallest absolute Gasteiger partial charge is 0.204 e. The van der Waals surface area contributed by atoms with Crippen LogP contribution in [0.1, 0.15) is 11.1 Å². The Bertz CT molecular complexity index is 1420. The van der Waals surface area contributed by atoms with E-state index in [-0.39, 0.29) is 20.7 Å². The third kappa shape index (κ3) is 5.84. The molecule has 0 heterocycles. The SMILES string of the molecule is Cc1ccc(C(=C=C(N(S(=O)(=O)c2ccccc2)S(=O)(=O)c2ccccc2)[Si](C)(C)C)C(F)F)cc1. The molecule has 0 fully saturated rings. The Morgan fingerprint density at radius 1 is 0.750 bits per heavy atom. The minimum atomic E-state index is -4.73. The second kappa shape index (κ2) is 10.5. The van der Waals surface area contributed by atoms with Crippen molar-refractivity contribution in [2.45, 2.75) is 42.8 Å². The maximum absolute atomic E-state index is 14.3. The van der Waals surface area contributed by atoms with Crippen molar-refractivity contribution in [2.75, 3.05) is 0 Å². The summed E-state index contributed by atoms with van der Waals surface area (Å²) in [6.45, 7) is 6.85. The fraction of sp³-hybridized carbons (Fsp3) is 0.192. The summed E-state index contributed by atoms with van der Waals surface area (Å²) in [4.78, 5) is -0.563. The van der Waals surface area contributed by atoms with Crippen LogP contribution in [0.3, 0.4) is 0 Å². The molecule has 3 aromatic carbocycles. The number of sulfonamides is 2. The number of aryl methyl sites for hydroxylation is 1. The van der Waals surface area contributed by atoms with Crippen molar-refractivity contribution in [2.24, 2.45) is 0 Å². The molecule has 0 aromatic heterocycles. The summed E-state index contributed by atoms with van der Waals surface area (Å²) in [5.74, 6) is 0. The maximum atomic E-state index is 14.3. The first kappa shape index (κ1) is 27.5. The van der Waals surface area contributed by atoms with E-state index in [9.17, 15) is 25.6 Å². The van der Waals surface area contributed by atoms with E-state index in [0.29, 0.717) is 3.71 Å². The normalized spacial score (nSPS) is 12.2. The first-order valence-electron chi connectivity index (χ1n) is 11.0. The highest BCUT2D eigenvalue weighted by Crippen LogP contribution is 2.34. The summed E-state index contributed by atoms with van der Waals surface area (Å²) in [5.41, 5.74) is 2.99. The Balaban J connectivity index is 2.49. The summed E-state index contributed by atoms with van der Waals surface area (Å²) in [6.07, 6.45) is -3.03. The summed E-state index contributed by atoms with van der Waals surface area (Å²) in [7, 11) is -12.4. The van der Waals surface area contributed by atoms with Crippen molar-refractivity contribution in [3.8, 4) is 0 Å². The number of alkyl halides is 2. The first-order valence-corrected chi connectivity index (χ1v) is 17.4. The average molecular weight is 548 g/mol. The van der Waals surface area contributed by atoms with Gasteiger partial charge in [0.25, 0.3) is 26.5 Å². The second-order valence-electron chi connectivity index (χ2n) is 9.14. The molecular weight excluding hydrogens is 521 g/mol. The van der Waals surface area contributed by atoms with Gasteiger partial charge in [0.2, 0.25) is 0 Å². The van der Waals surface area contributed by atoms with Gasteiger partial charge in [0.1, 0.15) is 8.07 Å². The summed E-state index contributed by atoms with van der Waals surface area (Å²) >= 11 is 0. The van der Waals surface area contributed by atoms with Crippen LogP contribution in [-0.4, -0.2) is 35.0 Å². The lowest BCUT2D eigenvalue weighted by Gasteiger charge is -2.31. The molecule has 36 heavy (non-hydrogen) atoms. The highest BCUT2D eigenvalue weighted by Gasteiger charge is 2.43. The molecule has 0 aliphatic heterocycles. The van der Waals surface area contributed by atoms with Crippen molar-refractivity contribution in [3.63, 3.8) is 0 Å². The predicted octanol–water partition coefficient (Wildman–Crippen LogP) is 6.08. The first-order chi connectivity index (χ1) is 16.8. The monoisotopic (exact) mass is 547 g/mol. The Morgan fingerprint density at radius 2 is 1.17 bits per heavy atom. The lowest BCUT2D eigenvalue weighted by Crippen LogP contribution is -2.44. The molecule has 0 radical (unpaired) electrons. The molecule has 0 saturated carbocycles. The zero-order valence-electron chi connectivity index (χ0n) is 20.3. The Labute approximate surface area is 212 Å². The van der Waals surface area contributed by atoms with Gasteiger partial charge in [0.15, 0.2) is 0 Å². The molecule has 0 amide bonds. The van der Waals surface area contributed by atoms with E-state index < -0.39 is 40.1 Å². The van der Waals surface area contributed by atoms with E-state index >= 15 is 0 Å². The van der Waals surface area contributed by atoms with E-state index in [4.69, 9.17) is 0 Å². The molecule has 3 rings (SSSR count). The van der Waals surface area contributed by atoms with Crippen molar-refractivity contribution >= 4 is 33.7 Å². The van der Waals surface area contributed by atoms with Gasteiger partial charge >= 0.3 is 0 Å². The third-order valence-corrected chi connectivity index (χ3v) is 11.5. The molecule has 5 nitrogen and oxygen atoms in total. The van der Waals surface area contributed by atoms with Gasteiger partial charge in [-0.1, -0.05) is 91.6 Å². The molecule has 0 N–H and O–H groups in total. The zero-order valence-corrected chi connectivity index (χ0v) is 22.9. The molecule has 0 aliphatic rings. The zero-order chi connectivity index (χ0) is 26.7. The van der Waals surface area contributed by atoms with E-state index in [1.54, 1.807) is 50.8 Å². The predicted molar refractivity (Wildman–Crippen MR) is 140 cm³/mol. The van der Waals surface area contributed by atoms with Gasteiger partial charge in [-0.05, 0) is 36.8 Å². The van der Waals surface area contributed by atoms with Crippen LogP contribution >= 0.6 is 0 Å². The standard InChI is InChI=1S/C26H27F2NO4S2Si/c1-20-15-17-21(18-16-20)24(26(27)28)19-25(36(2,3)4)29(34(30,31)22-11-7-5-8-12-22)35(32,33)23-13-9-6-10-14-23/h5-18,26H,1-4H3. The molecule has 0 spiro atoms. The Kier molecular flexibility index (Phi) is 8.05. The van der Waals surface area contributed by atoms with Crippen LogP contribution in [0.15, 0.2) is 106 Å². The van der Waals surface area contributed by atoms with E-state index in [0.717, 1.165) is 5.56 Å². The molecule has 3 aromatic rings. The highest BCUT2D eigenvalue weighted by molar-refractivity contribution is 8.04. The molecular formula is C26H27F2NO4S2Si. The van der Waals surface area contributed by atoms with Crippen LogP contribution in [0, 0.1) is 6.92 Å². The molecule has 0 bridgehead atoms. The van der Waals surface area contributed by atoms with Crippen LogP contribution in [0.2, 0.25) is 19.6 Å². The van der Waals surface area contributed by atoms with Gasteiger partial charge in [-0.25, -0.2) is 25.6 Å². The quantitative estimate of drug-likeness (QED) is 0.253. The van der Waals surface area contributed by atoms with Gasteiger partial charge in [-0.3, -0.25) is 0 Å². The van der Waals surface area contributed by atoms with E-state index in [2.05, 4.69) is 5.73 Å². The molecule has 0 unspecified atom stereocenters. The van der Waals surface area contributed by atoms with Crippen molar-refractivity contribution in [1.82, 2.24) is 3.71 Å². The number of hydrogen-bond acceptors (Lipinski definition) is 4. The summed E-state index contributed by atoms with van der Waals surface area (Å²) in [6, 6.07) is 20.4. The van der Waals surface area contributed by atoms with Crippen molar-refractivity contribution in [1.29, 1.82) is 0 Å². The number of nitrogens with zero attached hydrogens (tertiary/aromatic N) is 1. The number of halogens is 2. The van der Waals surface area contributed by atoms with Gasteiger partial charge in [-0.2, -0.15) is 3.71 Å². The molecule has 0 aliphatic carbocycles. The minimum absolute atomic E-state index is 0.125. The fourth-order valence-electron chi connectivity index (χ4n) is 3.37. The number of hydrogen-bond donors (Lipinski definition) is 0. The van der Waals surface area contributed by atoms with Gasteiger partial charge in [0.05, 0.1) is 20.7 Å². The number of rotatable bonds is 8. The summed E-state index contributed by atoms with van der Waals surface area (Å²) in [5, 5.41) is -0.300. The van der Waals surface area contributed by atoms with Crippen LogP contribution in [0.25, 0.3) is 5.57 Å². The van der Waals surface area contributed by atoms with E-state index in [1.807, 2.05) is 0 Å². The van der Waals surface area contributed by atoms with Crippen LogP contribution in [0.5, 0.6) is 0 Å². The lowest BCUT2D eigenvalue weighted by molar-refractivity contribution is 0.215. The molecule has 0 atom stereocenters. The molecule has 190 valence electrons. The molecule has 10 heteroatoms. The van der Waals surface area contributed by atoms with E-state index in [1.165, 1.54) is 60.7 Å². The largest absolute Gasteiger partial charge is 0.277 e. The van der Waals surface area contributed by atoms with Crippen molar-refractivity contribution < 1.29 is 25.6 Å². The van der Waals surface area contributed by atoms with Crippen LogP contribution in [-0.2, 0) is 20.0 Å². The second-order valence-corrected chi connectivity index (χ2v) is 17.9. The topological polar surface area (TPSA) is 71.5 Å². The maximum Gasteiger partial charge on any atom is 0.277 e. The van der Waals surface area contributed by atoms with Gasteiger partial charge in [0, 0.05) is 0 Å². The van der Waals surface area contributed by atoms with Gasteiger partial charge < -0.3 is 0 Å². The third-order valence-electron chi connectivity index (χ3n) is 5.25. The fourth-order valence-corrected chi connectivity index (χ4v) is 10.3.